The van der Waals surface area contributed by atoms with Crippen molar-refractivity contribution >= 4 is 17.4 Å². The van der Waals surface area contributed by atoms with Gasteiger partial charge < -0.3 is 9.47 Å². The van der Waals surface area contributed by atoms with Crippen molar-refractivity contribution in [1.82, 2.24) is 0 Å². The number of Topliss-reactive ketones (excluding diaryl/α,β-unsaturated/α-hetero) is 1. The van der Waals surface area contributed by atoms with Crippen molar-refractivity contribution in [3.63, 3.8) is 0 Å². The first-order valence-electron chi connectivity index (χ1n) is 4.80. The molecule has 0 saturated carbocycles. The highest BCUT2D eigenvalue weighted by atomic mass is 35.5. The summed E-state index contributed by atoms with van der Waals surface area (Å²) in [6, 6.07) is 2.37. The van der Waals surface area contributed by atoms with Gasteiger partial charge in [-0.3, -0.25) is 4.79 Å². The van der Waals surface area contributed by atoms with Gasteiger partial charge in [-0.15, -0.1) is 0 Å². The first kappa shape index (κ1) is 14.6. The molecule has 0 N–H and O–H groups in total. The van der Waals surface area contributed by atoms with Crippen LogP contribution in [0.1, 0.15) is 16.8 Å². The molecule has 7 heteroatoms. The topological polar surface area (TPSA) is 35.5 Å². The van der Waals surface area contributed by atoms with Gasteiger partial charge in [-0.05, 0) is 6.07 Å². The smallest absolute Gasteiger partial charge is 0.396 e. The molecular formula is C11H10ClF3O3. The highest BCUT2D eigenvalue weighted by Gasteiger charge is 2.32. The molecular weight excluding hydrogens is 273 g/mol. The van der Waals surface area contributed by atoms with Crippen LogP contribution in [0.25, 0.3) is 0 Å². The summed E-state index contributed by atoms with van der Waals surface area (Å²) in [7, 11) is 2.66. The van der Waals surface area contributed by atoms with Crippen LogP contribution in [0.15, 0.2) is 12.1 Å². The molecule has 0 unspecified atom stereocenters. The second kappa shape index (κ2) is 5.48. The molecule has 100 valence electrons. The van der Waals surface area contributed by atoms with Crippen molar-refractivity contribution in [2.75, 3.05) is 14.2 Å². The van der Waals surface area contributed by atoms with Crippen LogP contribution in [-0.2, 0) is 0 Å². The fourth-order valence-electron chi connectivity index (χ4n) is 1.35. The van der Waals surface area contributed by atoms with Crippen LogP contribution in [0.4, 0.5) is 13.2 Å². The zero-order valence-corrected chi connectivity index (χ0v) is 10.4. The normalized spacial score (nSPS) is 11.2. The molecule has 0 amide bonds. The quantitative estimate of drug-likeness (QED) is 0.793. The van der Waals surface area contributed by atoms with Crippen LogP contribution >= 0.6 is 11.6 Å². The number of hydrogen-bond donors (Lipinski definition) is 0. The molecule has 18 heavy (non-hydrogen) atoms. The van der Waals surface area contributed by atoms with Gasteiger partial charge in [0.15, 0.2) is 17.3 Å². The molecule has 1 rings (SSSR count). The number of rotatable bonds is 4. The summed E-state index contributed by atoms with van der Waals surface area (Å²) in [5.41, 5.74) is -0.244. The molecule has 0 aliphatic carbocycles. The number of alkyl halides is 3. The average molecular weight is 283 g/mol. The first-order chi connectivity index (χ1) is 8.28. The van der Waals surface area contributed by atoms with E-state index in [-0.39, 0.29) is 22.1 Å². The summed E-state index contributed by atoms with van der Waals surface area (Å²) in [6.45, 7) is 0. The summed E-state index contributed by atoms with van der Waals surface area (Å²) in [5, 5.41) is -0.109. The van der Waals surface area contributed by atoms with Crippen molar-refractivity contribution in [1.29, 1.82) is 0 Å². The minimum Gasteiger partial charge on any atom is -0.493 e. The molecule has 0 aliphatic heterocycles. The second-order valence-electron chi connectivity index (χ2n) is 3.40. The highest BCUT2D eigenvalue weighted by molar-refractivity contribution is 6.34. The molecule has 0 aliphatic rings. The van der Waals surface area contributed by atoms with Crippen LogP contribution in [0.2, 0.25) is 5.02 Å². The summed E-state index contributed by atoms with van der Waals surface area (Å²) < 4.78 is 46.2. The summed E-state index contributed by atoms with van der Waals surface area (Å²) in [4.78, 5) is 11.4. The van der Waals surface area contributed by atoms with Crippen LogP contribution in [0.3, 0.4) is 0 Å². The Hall–Kier alpha value is -1.43. The van der Waals surface area contributed by atoms with Gasteiger partial charge in [0.2, 0.25) is 0 Å². The summed E-state index contributed by atoms with van der Waals surface area (Å²) in [6.07, 6.45) is -6.14. The number of carbonyl (C=O) groups excluding carboxylic acids is 1. The van der Waals surface area contributed by atoms with Crippen LogP contribution < -0.4 is 9.47 Å². The lowest BCUT2D eigenvalue weighted by molar-refractivity contribution is -0.125. The van der Waals surface area contributed by atoms with E-state index in [0.717, 1.165) is 6.07 Å². The molecule has 0 saturated heterocycles. The Morgan fingerprint density at radius 2 is 1.72 bits per heavy atom. The van der Waals surface area contributed by atoms with Gasteiger partial charge in [0.25, 0.3) is 0 Å². The Morgan fingerprint density at radius 3 is 2.17 bits per heavy atom. The molecule has 3 nitrogen and oxygen atoms in total. The van der Waals surface area contributed by atoms with E-state index in [1.807, 2.05) is 0 Å². The predicted octanol–water partition coefficient (Wildman–Crippen LogP) is 3.49. The number of ketones is 1. The van der Waals surface area contributed by atoms with Gasteiger partial charge >= 0.3 is 6.18 Å². The standard InChI is InChI=1S/C11H10ClF3O3/c1-17-9-3-6(7(12)4-10(9)18-2)8(16)5-11(13,14)15/h3-4H,5H2,1-2H3. The maximum atomic E-state index is 12.1. The van der Waals surface area contributed by atoms with Crippen molar-refractivity contribution in [2.24, 2.45) is 0 Å². The van der Waals surface area contributed by atoms with Gasteiger partial charge in [0.1, 0.15) is 6.42 Å². The van der Waals surface area contributed by atoms with Crippen molar-refractivity contribution in [2.45, 2.75) is 12.6 Å². The third-order valence-corrected chi connectivity index (χ3v) is 2.45. The number of hydrogen-bond acceptors (Lipinski definition) is 3. The fraction of sp³-hybridized carbons (Fsp3) is 0.364. The maximum Gasteiger partial charge on any atom is 0.396 e. The van der Waals surface area contributed by atoms with E-state index in [9.17, 15) is 18.0 Å². The lowest BCUT2D eigenvalue weighted by Crippen LogP contribution is -2.15. The molecule has 1 aromatic carbocycles. The zero-order chi connectivity index (χ0) is 13.9. The van der Waals surface area contributed by atoms with E-state index < -0.39 is 18.4 Å². The molecule has 0 atom stereocenters. The zero-order valence-electron chi connectivity index (χ0n) is 9.60. The molecule has 0 fully saturated rings. The van der Waals surface area contributed by atoms with E-state index in [2.05, 4.69) is 0 Å². The molecule has 0 radical (unpaired) electrons. The Morgan fingerprint density at radius 1 is 1.22 bits per heavy atom. The predicted molar refractivity (Wildman–Crippen MR) is 59.6 cm³/mol. The third-order valence-electron chi connectivity index (χ3n) is 2.13. The lowest BCUT2D eigenvalue weighted by atomic mass is 10.1. The van der Waals surface area contributed by atoms with Crippen molar-refractivity contribution in [3.05, 3.63) is 22.7 Å². The number of carbonyl (C=O) groups is 1. The van der Waals surface area contributed by atoms with Crippen molar-refractivity contribution < 1.29 is 27.4 Å². The maximum absolute atomic E-state index is 12.1. The van der Waals surface area contributed by atoms with Gasteiger partial charge in [-0.25, -0.2) is 0 Å². The SMILES string of the molecule is COc1cc(Cl)c(C(=O)CC(F)(F)F)cc1OC. The van der Waals surface area contributed by atoms with Crippen LogP contribution in [0, 0.1) is 0 Å². The van der Waals surface area contributed by atoms with E-state index in [1.165, 1.54) is 20.3 Å². The van der Waals surface area contributed by atoms with Gasteiger partial charge in [0.05, 0.1) is 19.2 Å². The number of halogens is 4. The van der Waals surface area contributed by atoms with E-state index in [4.69, 9.17) is 21.1 Å². The lowest BCUT2D eigenvalue weighted by Gasteiger charge is -2.11. The Kier molecular flexibility index (Phi) is 4.45. The highest BCUT2D eigenvalue weighted by Crippen LogP contribution is 2.34. The number of methoxy groups -OCH3 is 2. The molecule has 0 aromatic heterocycles. The summed E-state index contributed by atoms with van der Waals surface area (Å²) >= 11 is 5.74. The van der Waals surface area contributed by atoms with Crippen molar-refractivity contribution in [3.8, 4) is 11.5 Å². The Bertz CT molecular complexity index is 458. The van der Waals surface area contributed by atoms with Gasteiger partial charge in [-0.2, -0.15) is 13.2 Å². The minimum absolute atomic E-state index is 0.109. The Balaban J connectivity index is 3.13. The summed E-state index contributed by atoms with van der Waals surface area (Å²) in [5.74, 6) is -0.730. The van der Waals surface area contributed by atoms with E-state index in [1.54, 1.807) is 0 Å². The average Bonchev–Trinajstić information content (AvgIpc) is 2.26. The third kappa shape index (κ3) is 3.53. The molecule has 0 spiro atoms. The van der Waals surface area contributed by atoms with Crippen LogP contribution in [0.5, 0.6) is 11.5 Å². The fourth-order valence-corrected chi connectivity index (χ4v) is 1.60. The number of benzene rings is 1. The van der Waals surface area contributed by atoms with Gasteiger partial charge in [0, 0.05) is 11.6 Å². The number of ether oxygens (including phenoxy) is 2. The van der Waals surface area contributed by atoms with E-state index >= 15 is 0 Å². The monoisotopic (exact) mass is 282 g/mol. The minimum atomic E-state index is -4.58. The largest absolute Gasteiger partial charge is 0.493 e. The van der Waals surface area contributed by atoms with Gasteiger partial charge in [-0.1, -0.05) is 11.6 Å². The van der Waals surface area contributed by atoms with E-state index in [0.29, 0.717) is 0 Å². The first-order valence-corrected chi connectivity index (χ1v) is 5.17. The molecule has 0 bridgehead atoms. The van der Waals surface area contributed by atoms with Crippen LogP contribution in [-0.4, -0.2) is 26.2 Å². The second-order valence-corrected chi connectivity index (χ2v) is 3.81. The molecule has 0 heterocycles. The molecule has 1 aromatic rings. The Labute approximate surface area is 106 Å².